The van der Waals surface area contributed by atoms with Crippen molar-refractivity contribution in [2.24, 2.45) is 0 Å². The second-order valence-electron chi connectivity index (χ2n) is 5.64. The van der Waals surface area contributed by atoms with E-state index in [1.807, 2.05) is 60.0 Å². The average Bonchev–Trinajstić information content (AvgIpc) is 3.21. The molecule has 1 heterocycles. The average molecular weight is 397 g/mol. The first-order chi connectivity index (χ1) is 13.2. The lowest BCUT2D eigenvalue weighted by Gasteiger charge is -2.17. The molecule has 1 amide bonds. The Kier molecular flexibility index (Phi) is 6.68. The van der Waals surface area contributed by atoms with Gasteiger partial charge in [-0.05, 0) is 24.3 Å². The van der Waals surface area contributed by atoms with E-state index >= 15 is 0 Å². The van der Waals surface area contributed by atoms with E-state index in [9.17, 15) is 4.79 Å². The first kappa shape index (κ1) is 19.2. The third-order valence-electron chi connectivity index (χ3n) is 3.83. The number of nitrogens with zero attached hydrogens (tertiary/aromatic N) is 2. The number of anilines is 1. The molecular formula is C21H20N2O2S2. The number of ether oxygens (including phenoxy) is 1. The molecule has 0 spiro atoms. The molecule has 0 aliphatic rings. The molecule has 27 heavy (non-hydrogen) atoms. The summed E-state index contributed by atoms with van der Waals surface area (Å²) >= 11 is 2.96. The smallest absolute Gasteiger partial charge is 0.239 e. The van der Waals surface area contributed by atoms with Gasteiger partial charge in [-0.1, -0.05) is 36.4 Å². The molecular weight excluding hydrogens is 376 g/mol. The molecule has 3 aromatic rings. The molecule has 4 nitrogen and oxygen atoms in total. The van der Waals surface area contributed by atoms with Crippen molar-refractivity contribution in [3.05, 3.63) is 72.6 Å². The van der Waals surface area contributed by atoms with Crippen molar-refractivity contribution in [3.8, 4) is 17.0 Å². The van der Waals surface area contributed by atoms with Gasteiger partial charge in [0, 0.05) is 22.4 Å². The highest BCUT2D eigenvalue weighted by atomic mass is 32.2. The number of methoxy groups -OCH3 is 1. The highest BCUT2D eigenvalue weighted by Gasteiger charge is 2.18. The van der Waals surface area contributed by atoms with Crippen LogP contribution in [0.2, 0.25) is 0 Å². The Morgan fingerprint density at radius 2 is 1.96 bits per heavy atom. The van der Waals surface area contributed by atoms with Crippen LogP contribution in [0.25, 0.3) is 11.3 Å². The summed E-state index contributed by atoms with van der Waals surface area (Å²) in [6, 6.07) is 17.6. The van der Waals surface area contributed by atoms with Crippen LogP contribution in [0.15, 0.2) is 77.5 Å². The minimum absolute atomic E-state index is 0.00433. The number of amides is 1. The molecule has 0 bridgehead atoms. The largest absolute Gasteiger partial charge is 0.497 e. The van der Waals surface area contributed by atoms with Crippen LogP contribution >= 0.6 is 23.1 Å². The van der Waals surface area contributed by atoms with Gasteiger partial charge in [0.05, 0.1) is 18.6 Å². The number of hydrogen-bond donors (Lipinski definition) is 0. The van der Waals surface area contributed by atoms with Gasteiger partial charge < -0.3 is 4.74 Å². The lowest BCUT2D eigenvalue weighted by Crippen LogP contribution is -2.32. The predicted octanol–water partition coefficient (Wildman–Crippen LogP) is 5.13. The van der Waals surface area contributed by atoms with Gasteiger partial charge in [-0.25, -0.2) is 4.98 Å². The maximum absolute atomic E-state index is 12.8. The van der Waals surface area contributed by atoms with E-state index in [4.69, 9.17) is 4.74 Å². The van der Waals surface area contributed by atoms with E-state index in [1.54, 1.807) is 18.1 Å². The van der Waals surface area contributed by atoms with E-state index in [0.717, 1.165) is 21.9 Å². The van der Waals surface area contributed by atoms with Crippen molar-refractivity contribution in [2.45, 2.75) is 4.90 Å². The highest BCUT2D eigenvalue weighted by Crippen LogP contribution is 2.28. The first-order valence-corrected chi connectivity index (χ1v) is 10.3. The highest BCUT2D eigenvalue weighted by molar-refractivity contribution is 8.00. The maximum Gasteiger partial charge on any atom is 0.239 e. The molecule has 0 radical (unpaired) electrons. The topological polar surface area (TPSA) is 42.4 Å². The van der Waals surface area contributed by atoms with Gasteiger partial charge in [-0.15, -0.1) is 29.7 Å². The van der Waals surface area contributed by atoms with Gasteiger partial charge in [-0.3, -0.25) is 9.69 Å². The molecule has 0 fully saturated rings. The Bertz CT molecular complexity index is 892. The molecule has 0 unspecified atom stereocenters. The molecule has 138 valence electrons. The molecule has 3 rings (SSSR count). The zero-order chi connectivity index (χ0) is 19.1. The summed E-state index contributed by atoms with van der Waals surface area (Å²) in [4.78, 5) is 20.1. The zero-order valence-electron chi connectivity index (χ0n) is 15.0. The lowest BCUT2D eigenvalue weighted by molar-refractivity contribution is -0.116. The molecule has 1 aromatic heterocycles. The lowest BCUT2D eigenvalue weighted by atomic mass is 10.2. The van der Waals surface area contributed by atoms with Crippen molar-refractivity contribution in [1.29, 1.82) is 0 Å². The zero-order valence-corrected chi connectivity index (χ0v) is 16.6. The molecule has 6 heteroatoms. The number of benzene rings is 2. The van der Waals surface area contributed by atoms with E-state index in [2.05, 4.69) is 11.6 Å². The molecule has 0 aliphatic heterocycles. The Hall–Kier alpha value is -2.57. The maximum atomic E-state index is 12.8. The second-order valence-corrected chi connectivity index (χ2v) is 7.52. The number of carbonyl (C=O) groups is 1. The van der Waals surface area contributed by atoms with Crippen molar-refractivity contribution in [3.63, 3.8) is 0 Å². The Labute approximate surface area is 167 Å². The molecule has 0 N–H and O–H groups in total. The number of thioether (sulfide) groups is 1. The predicted molar refractivity (Wildman–Crippen MR) is 114 cm³/mol. The van der Waals surface area contributed by atoms with Crippen molar-refractivity contribution in [1.82, 2.24) is 4.98 Å². The van der Waals surface area contributed by atoms with Gasteiger partial charge in [0.1, 0.15) is 5.75 Å². The van der Waals surface area contributed by atoms with Gasteiger partial charge in [-0.2, -0.15) is 0 Å². The standard InChI is InChI=1S/C21H20N2O2S2/c1-3-13-23(20(24)15-26-18-11-9-17(25-2)10-12-18)21-22-19(14-27-21)16-7-5-4-6-8-16/h3-12,14H,1,13,15H2,2H3. The summed E-state index contributed by atoms with van der Waals surface area (Å²) in [6.45, 7) is 4.21. The Balaban J connectivity index is 1.69. The van der Waals surface area contributed by atoms with E-state index in [1.165, 1.54) is 23.1 Å². The summed E-state index contributed by atoms with van der Waals surface area (Å²) in [7, 11) is 1.64. The van der Waals surface area contributed by atoms with Gasteiger partial charge in [0.25, 0.3) is 0 Å². The molecule has 0 atom stereocenters. The van der Waals surface area contributed by atoms with E-state index < -0.39 is 0 Å². The van der Waals surface area contributed by atoms with Gasteiger partial charge >= 0.3 is 0 Å². The van der Waals surface area contributed by atoms with Crippen LogP contribution in [0.4, 0.5) is 5.13 Å². The van der Waals surface area contributed by atoms with E-state index in [-0.39, 0.29) is 5.91 Å². The van der Waals surface area contributed by atoms with Crippen LogP contribution < -0.4 is 9.64 Å². The first-order valence-electron chi connectivity index (χ1n) is 8.40. The van der Waals surface area contributed by atoms with Crippen LogP contribution in [0.3, 0.4) is 0 Å². The number of hydrogen-bond acceptors (Lipinski definition) is 5. The second kappa shape index (κ2) is 9.39. The summed E-state index contributed by atoms with van der Waals surface area (Å²) in [5.41, 5.74) is 1.92. The van der Waals surface area contributed by atoms with Gasteiger partial charge in [0.2, 0.25) is 5.91 Å². The Morgan fingerprint density at radius 3 is 2.63 bits per heavy atom. The molecule has 2 aromatic carbocycles. The monoisotopic (exact) mass is 396 g/mol. The van der Waals surface area contributed by atoms with Gasteiger partial charge in [0.15, 0.2) is 5.13 Å². The van der Waals surface area contributed by atoms with Crippen molar-refractivity contribution < 1.29 is 9.53 Å². The molecule has 0 saturated heterocycles. The molecule has 0 aliphatic carbocycles. The fourth-order valence-corrected chi connectivity index (χ4v) is 4.08. The fraction of sp³-hybridized carbons (Fsp3) is 0.143. The van der Waals surface area contributed by atoms with Crippen LogP contribution in [-0.2, 0) is 4.79 Å². The van der Waals surface area contributed by atoms with Crippen LogP contribution in [0.1, 0.15) is 0 Å². The SMILES string of the molecule is C=CCN(C(=O)CSc1ccc(OC)cc1)c1nc(-c2ccccc2)cs1. The summed E-state index contributed by atoms with van der Waals surface area (Å²) in [5.74, 6) is 1.14. The third kappa shape index (κ3) is 4.99. The van der Waals surface area contributed by atoms with Crippen molar-refractivity contribution in [2.75, 3.05) is 24.3 Å². The summed E-state index contributed by atoms with van der Waals surface area (Å²) in [5, 5.41) is 2.67. The fourth-order valence-electron chi connectivity index (χ4n) is 2.44. The quantitative estimate of drug-likeness (QED) is 0.391. The third-order valence-corrected chi connectivity index (χ3v) is 5.69. The van der Waals surface area contributed by atoms with Crippen molar-refractivity contribution >= 4 is 34.1 Å². The minimum Gasteiger partial charge on any atom is -0.497 e. The number of thiazole rings is 1. The normalized spacial score (nSPS) is 10.4. The van der Waals surface area contributed by atoms with Crippen LogP contribution in [0.5, 0.6) is 5.75 Å². The van der Waals surface area contributed by atoms with Crippen LogP contribution in [-0.4, -0.2) is 30.3 Å². The summed E-state index contributed by atoms with van der Waals surface area (Å²) < 4.78 is 5.16. The number of rotatable bonds is 8. The Morgan fingerprint density at radius 1 is 1.22 bits per heavy atom. The number of carbonyl (C=O) groups excluding carboxylic acids is 1. The minimum atomic E-state index is 0.00433. The molecule has 0 saturated carbocycles. The van der Waals surface area contributed by atoms with Crippen LogP contribution in [0, 0.1) is 0 Å². The van der Waals surface area contributed by atoms with E-state index in [0.29, 0.717) is 17.4 Å². The summed E-state index contributed by atoms with van der Waals surface area (Å²) in [6.07, 6.45) is 1.72. The number of aromatic nitrogens is 1.